The van der Waals surface area contributed by atoms with Gasteiger partial charge in [0, 0.05) is 4.75 Å². The van der Waals surface area contributed by atoms with Crippen molar-refractivity contribution in [2.24, 2.45) is 5.92 Å². The van der Waals surface area contributed by atoms with Crippen molar-refractivity contribution >= 4 is 17.7 Å². The normalized spacial score (nSPS) is 31.2. The van der Waals surface area contributed by atoms with Gasteiger partial charge in [0.1, 0.15) is 6.04 Å². The van der Waals surface area contributed by atoms with Crippen molar-refractivity contribution in [3.63, 3.8) is 0 Å². The number of hydrogen-bond donors (Lipinski definition) is 1. The third kappa shape index (κ3) is 2.03. The number of fused-ring (bicyclic) bond motifs is 1. The second-order valence-corrected chi connectivity index (χ2v) is 7.90. The average molecular weight is 295 g/mol. The summed E-state index contributed by atoms with van der Waals surface area (Å²) in [4.78, 5) is 14.4. The molecule has 3 heterocycles. The van der Waals surface area contributed by atoms with Crippen LogP contribution in [0.3, 0.4) is 0 Å². The average Bonchev–Trinajstić information content (AvgIpc) is 2.99. The van der Waals surface area contributed by atoms with Crippen molar-refractivity contribution in [2.45, 2.75) is 62.6 Å². The molecule has 1 N–H and O–H groups in total. The molecule has 0 saturated carbocycles. The van der Waals surface area contributed by atoms with E-state index in [0.29, 0.717) is 5.82 Å². The minimum atomic E-state index is -0.0658. The molecule has 0 bridgehead atoms. The van der Waals surface area contributed by atoms with Gasteiger partial charge in [0.05, 0.1) is 11.3 Å². The summed E-state index contributed by atoms with van der Waals surface area (Å²) in [5, 5.41) is 14.6. The Bertz CT molecular complexity index is 489. The van der Waals surface area contributed by atoms with Crippen molar-refractivity contribution in [1.29, 1.82) is 0 Å². The largest absolute Gasteiger partial charge is 0.318 e. The Labute approximate surface area is 123 Å². The lowest BCUT2D eigenvalue weighted by Gasteiger charge is -2.44. The fourth-order valence-electron chi connectivity index (χ4n) is 3.28. The van der Waals surface area contributed by atoms with E-state index in [-0.39, 0.29) is 28.0 Å². The maximum atomic E-state index is 12.5. The van der Waals surface area contributed by atoms with Gasteiger partial charge in [-0.25, -0.2) is 0 Å². The first-order valence-corrected chi connectivity index (χ1v) is 8.17. The fourth-order valence-corrected chi connectivity index (χ4v) is 5.00. The molecule has 0 aromatic carbocycles. The lowest BCUT2D eigenvalue weighted by atomic mass is 9.88. The molecule has 2 aliphatic rings. The topological polar surface area (TPSA) is 74.8 Å². The van der Waals surface area contributed by atoms with Gasteiger partial charge in [0.15, 0.2) is 5.82 Å². The number of aromatic nitrogens is 4. The minimum Gasteiger partial charge on any atom is -0.318 e. The van der Waals surface area contributed by atoms with Crippen LogP contribution >= 0.6 is 11.8 Å². The van der Waals surface area contributed by atoms with Crippen molar-refractivity contribution in [2.75, 3.05) is 0 Å². The number of β-lactam (4-membered cyclic amide) rings is 1. The maximum Gasteiger partial charge on any atom is 0.230 e. The van der Waals surface area contributed by atoms with Crippen LogP contribution in [-0.4, -0.2) is 41.6 Å². The number of amides is 1. The number of tetrazole rings is 1. The Morgan fingerprint density at radius 2 is 2.20 bits per heavy atom. The number of thioether (sulfide) groups is 1. The maximum absolute atomic E-state index is 12.5. The molecule has 3 atom stereocenters. The quantitative estimate of drug-likeness (QED) is 0.665. The number of H-pyrrole nitrogens is 1. The van der Waals surface area contributed by atoms with Crippen LogP contribution in [0.1, 0.15) is 58.3 Å². The second-order valence-electron chi connectivity index (χ2n) is 6.13. The number of unbranched alkanes of at least 4 members (excludes halogenated alkanes) is 2. The molecule has 3 rings (SSSR count). The predicted molar refractivity (Wildman–Crippen MR) is 76.9 cm³/mol. The van der Waals surface area contributed by atoms with Crippen LogP contribution in [0.4, 0.5) is 0 Å². The highest BCUT2D eigenvalue weighted by molar-refractivity contribution is 8.01. The summed E-state index contributed by atoms with van der Waals surface area (Å²) in [7, 11) is 0. The smallest absolute Gasteiger partial charge is 0.230 e. The van der Waals surface area contributed by atoms with E-state index in [1.165, 1.54) is 12.8 Å². The lowest BCUT2D eigenvalue weighted by Crippen LogP contribution is -2.57. The third-order valence-corrected chi connectivity index (χ3v) is 5.90. The zero-order valence-corrected chi connectivity index (χ0v) is 13.0. The van der Waals surface area contributed by atoms with E-state index in [1.54, 1.807) is 0 Å². The van der Waals surface area contributed by atoms with Gasteiger partial charge < -0.3 is 4.90 Å². The summed E-state index contributed by atoms with van der Waals surface area (Å²) in [5.74, 6) is 1.08. The van der Waals surface area contributed by atoms with Crippen LogP contribution in [-0.2, 0) is 4.79 Å². The van der Waals surface area contributed by atoms with Gasteiger partial charge in [0.2, 0.25) is 5.91 Å². The molecule has 2 fully saturated rings. The molecular formula is C13H21N5OS. The van der Waals surface area contributed by atoms with Gasteiger partial charge in [-0.15, -0.1) is 22.0 Å². The summed E-state index contributed by atoms with van der Waals surface area (Å²) in [6.45, 7) is 6.51. The fraction of sp³-hybridized carbons (Fsp3) is 0.846. The summed E-state index contributed by atoms with van der Waals surface area (Å²) in [6, 6.07) is -0.0637. The van der Waals surface area contributed by atoms with Crippen LogP contribution in [0.15, 0.2) is 0 Å². The van der Waals surface area contributed by atoms with Gasteiger partial charge in [0.25, 0.3) is 0 Å². The van der Waals surface area contributed by atoms with Crippen LogP contribution in [0.25, 0.3) is 0 Å². The van der Waals surface area contributed by atoms with Crippen LogP contribution in [0, 0.1) is 5.92 Å². The van der Waals surface area contributed by atoms with Gasteiger partial charge in [-0.05, 0) is 20.3 Å². The zero-order chi connectivity index (χ0) is 14.3. The number of nitrogens with one attached hydrogen (secondary N) is 1. The number of carbonyl (C=O) groups is 1. The molecule has 20 heavy (non-hydrogen) atoms. The van der Waals surface area contributed by atoms with Gasteiger partial charge in [-0.1, -0.05) is 31.4 Å². The molecule has 0 radical (unpaired) electrons. The van der Waals surface area contributed by atoms with Gasteiger partial charge in [-0.2, -0.15) is 5.21 Å². The minimum absolute atomic E-state index is 0.0637. The predicted octanol–water partition coefficient (Wildman–Crippen LogP) is 2.13. The summed E-state index contributed by atoms with van der Waals surface area (Å²) in [6.07, 6.45) is 4.55. The Balaban J connectivity index is 1.75. The van der Waals surface area contributed by atoms with Crippen molar-refractivity contribution in [3.8, 4) is 0 Å². The second kappa shape index (κ2) is 5.02. The van der Waals surface area contributed by atoms with Gasteiger partial charge in [-0.3, -0.25) is 4.79 Å². The van der Waals surface area contributed by atoms with E-state index < -0.39 is 0 Å². The Kier molecular flexibility index (Phi) is 3.48. The SMILES string of the molecule is CCCCCC1C(=O)N2C(c3nn[nH]n3)C(C)(C)S[C@H]12. The molecule has 2 aliphatic heterocycles. The first-order valence-electron chi connectivity index (χ1n) is 7.29. The number of rotatable bonds is 5. The number of nitrogens with zero attached hydrogens (tertiary/aromatic N) is 4. The number of hydrogen-bond acceptors (Lipinski definition) is 5. The first-order chi connectivity index (χ1) is 9.56. The van der Waals surface area contributed by atoms with Crippen LogP contribution < -0.4 is 0 Å². The first kappa shape index (κ1) is 13.9. The monoisotopic (exact) mass is 295 g/mol. The number of aromatic amines is 1. The molecule has 1 amide bonds. The lowest BCUT2D eigenvalue weighted by molar-refractivity contribution is -0.154. The van der Waals surface area contributed by atoms with E-state index in [4.69, 9.17) is 0 Å². The molecule has 1 aromatic rings. The van der Waals surface area contributed by atoms with E-state index in [2.05, 4.69) is 41.4 Å². The van der Waals surface area contributed by atoms with E-state index >= 15 is 0 Å². The highest BCUT2D eigenvalue weighted by Gasteiger charge is 2.62. The van der Waals surface area contributed by atoms with Crippen molar-refractivity contribution < 1.29 is 4.79 Å². The van der Waals surface area contributed by atoms with Crippen LogP contribution in [0.5, 0.6) is 0 Å². The third-order valence-electron chi connectivity index (χ3n) is 4.28. The summed E-state index contributed by atoms with van der Waals surface area (Å²) in [5.41, 5.74) is 0. The Morgan fingerprint density at radius 1 is 1.40 bits per heavy atom. The molecule has 2 unspecified atom stereocenters. The van der Waals surface area contributed by atoms with Crippen molar-refractivity contribution in [3.05, 3.63) is 5.82 Å². The highest BCUT2D eigenvalue weighted by Crippen LogP contribution is 2.59. The highest BCUT2D eigenvalue weighted by atomic mass is 32.2. The standard InChI is InChI=1S/C13H21N5OS/c1-4-5-6-7-8-11(19)18-9(10-14-16-17-15-10)13(2,3)20-12(8)18/h8-9,12H,4-7H2,1-3H3,(H,14,15,16,17)/t8?,9?,12-/m1/s1. The molecule has 0 aliphatic carbocycles. The molecule has 0 spiro atoms. The molecule has 6 nitrogen and oxygen atoms in total. The number of carbonyl (C=O) groups excluding carboxylic acids is 1. The zero-order valence-electron chi connectivity index (χ0n) is 12.2. The van der Waals surface area contributed by atoms with Gasteiger partial charge >= 0.3 is 0 Å². The molecule has 1 aromatic heterocycles. The molecular weight excluding hydrogens is 274 g/mol. The van der Waals surface area contributed by atoms with Crippen LogP contribution in [0.2, 0.25) is 0 Å². The summed E-state index contributed by atoms with van der Waals surface area (Å²) < 4.78 is -0.0658. The van der Waals surface area contributed by atoms with E-state index in [1.807, 2.05) is 16.7 Å². The van der Waals surface area contributed by atoms with E-state index in [9.17, 15) is 4.79 Å². The molecule has 110 valence electrons. The molecule has 2 saturated heterocycles. The Hall–Kier alpha value is -1.11. The molecule has 7 heteroatoms. The summed E-state index contributed by atoms with van der Waals surface area (Å²) >= 11 is 1.88. The Morgan fingerprint density at radius 3 is 2.85 bits per heavy atom. The van der Waals surface area contributed by atoms with Crippen molar-refractivity contribution in [1.82, 2.24) is 25.5 Å². The van der Waals surface area contributed by atoms with E-state index in [0.717, 1.165) is 12.8 Å².